The maximum absolute atomic E-state index is 13.7. The average molecular weight is 588 g/mol. The molecule has 1 heterocycles. The number of benzene rings is 3. The molecule has 2 aliphatic rings. The molecular formula is C34H41N3O4S. The molecule has 0 unspecified atom stereocenters. The van der Waals surface area contributed by atoms with E-state index in [4.69, 9.17) is 0 Å². The molecule has 0 spiro atoms. The van der Waals surface area contributed by atoms with Gasteiger partial charge < -0.3 is 15.1 Å². The lowest BCUT2D eigenvalue weighted by molar-refractivity contribution is -0.133. The van der Waals surface area contributed by atoms with Crippen molar-refractivity contribution in [2.45, 2.75) is 68.6 Å². The van der Waals surface area contributed by atoms with Crippen LogP contribution in [0.5, 0.6) is 0 Å². The van der Waals surface area contributed by atoms with Crippen LogP contribution in [0.25, 0.3) is 11.1 Å². The Bertz CT molecular complexity index is 1490. The van der Waals surface area contributed by atoms with Crippen molar-refractivity contribution in [2.75, 3.05) is 19.3 Å². The van der Waals surface area contributed by atoms with Crippen molar-refractivity contribution in [3.63, 3.8) is 0 Å². The lowest BCUT2D eigenvalue weighted by Gasteiger charge is -2.44. The highest BCUT2D eigenvalue weighted by Gasteiger charge is 2.44. The van der Waals surface area contributed by atoms with Gasteiger partial charge in [0.15, 0.2) is 9.84 Å². The van der Waals surface area contributed by atoms with Crippen molar-refractivity contribution in [3.05, 3.63) is 90.5 Å². The summed E-state index contributed by atoms with van der Waals surface area (Å²) in [6.07, 6.45) is 2.85. The van der Waals surface area contributed by atoms with E-state index < -0.39 is 15.9 Å². The number of rotatable bonds is 9. The van der Waals surface area contributed by atoms with Crippen LogP contribution in [-0.4, -0.2) is 73.5 Å². The van der Waals surface area contributed by atoms with Gasteiger partial charge in [-0.1, -0.05) is 60.7 Å². The first-order chi connectivity index (χ1) is 20.1. The second-order valence-electron chi connectivity index (χ2n) is 11.9. The van der Waals surface area contributed by atoms with Crippen LogP contribution in [0.4, 0.5) is 0 Å². The van der Waals surface area contributed by atoms with E-state index in [0.717, 1.165) is 24.0 Å². The summed E-state index contributed by atoms with van der Waals surface area (Å²) < 4.78 is 27.0. The second kappa shape index (κ2) is 12.8. The van der Waals surface area contributed by atoms with Crippen molar-refractivity contribution in [1.82, 2.24) is 15.1 Å². The minimum Gasteiger partial charge on any atom is -0.340 e. The molecule has 7 nitrogen and oxygen atoms in total. The van der Waals surface area contributed by atoms with E-state index >= 15 is 0 Å². The van der Waals surface area contributed by atoms with Crippen molar-refractivity contribution in [3.8, 4) is 11.1 Å². The Balaban J connectivity index is 1.31. The third-order valence-electron chi connectivity index (χ3n) is 9.02. The minimum atomic E-state index is -3.53. The number of carbonyl (C=O) groups is 2. The molecule has 0 bridgehead atoms. The van der Waals surface area contributed by atoms with Gasteiger partial charge in [0.1, 0.15) is 6.04 Å². The summed E-state index contributed by atoms with van der Waals surface area (Å²) in [5, 5.41) is 2.97. The molecule has 1 saturated carbocycles. The highest BCUT2D eigenvalue weighted by Crippen LogP contribution is 2.36. The molecule has 222 valence electrons. The molecule has 4 atom stereocenters. The molecule has 1 saturated heterocycles. The molecule has 3 aromatic carbocycles. The van der Waals surface area contributed by atoms with Gasteiger partial charge in [-0.05, 0) is 87.9 Å². The van der Waals surface area contributed by atoms with E-state index in [0.29, 0.717) is 35.9 Å². The van der Waals surface area contributed by atoms with Crippen LogP contribution < -0.4 is 5.32 Å². The SMILES string of the molecule is CC(C)N(C)[C@@H]1CC[C@H](N2CC[C@H](NC(=O)c3cccc(-c4ccccc4)c3)C2=O)[C@@H](CS(=O)(=O)c2ccccc2)C1. The Morgan fingerprint density at radius 1 is 0.929 bits per heavy atom. The molecule has 2 amide bonds. The van der Waals surface area contributed by atoms with Gasteiger partial charge in [-0.2, -0.15) is 0 Å². The van der Waals surface area contributed by atoms with Crippen molar-refractivity contribution in [2.24, 2.45) is 5.92 Å². The zero-order valence-corrected chi connectivity index (χ0v) is 25.5. The number of amides is 2. The summed E-state index contributed by atoms with van der Waals surface area (Å²) in [5.41, 5.74) is 2.46. The van der Waals surface area contributed by atoms with E-state index in [1.165, 1.54) is 0 Å². The van der Waals surface area contributed by atoms with E-state index in [-0.39, 0.29) is 35.6 Å². The molecule has 0 radical (unpaired) electrons. The average Bonchev–Trinajstić information content (AvgIpc) is 3.36. The zero-order valence-electron chi connectivity index (χ0n) is 24.6. The van der Waals surface area contributed by atoms with Crippen LogP contribution in [0, 0.1) is 5.92 Å². The van der Waals surface area contributed by atoms with Crippen LogP contribution in [0.2, 0.25) is 0 Å². The van der Waals surface area contributed by atoms with Crippen LogP contribution in [0.3, 0.4) is 0 Å². The Hall–Kier alpha value is -3.49. The molecular weight excluding hydrogens is 546 g/mol. The fourth-order valence-corrected chi connectivity index (χ4v) is 8.17. The standard InChI is InChI=1S/C34H41N3O4S/c1-24(2)36(3)29-17-18-32(28(22-29)23-42(40,41)30-15-8-5-9-16-30)37-20-19-31(34(37)39)35-33(38)27-14-10-13-26(21-27)25-11-6-4-7-12-25/h4-16,21,24,28-29,31-32H,17-20,22-23H2,1-3H3,(H,35,38)/t28-,29-,31+,32+/m1/s1. The Labute approximate surface area is 249 Å². The predicted octanol–water partition coefficient (Wildman–Crippen LogP) is 5.04. The number of hydrogen-bond donors (Lipinski definition) is 1. The lowest BCUT2D eigenvalue weighted by atomic mass is 9.81. The fraction of sp³-hybridized carbons (Fsp3) is 0.412. The second-order valence-corrected chi connectivity index (χ2v) is 14.0. The molecule has 1 aliphatic heterocycles. The first-order valence-corrected chi connectivity index (χ1v) is 16.6. The Morgan fingerprint density at radius 3 is 2.29 bits per heavy atom. The maximum atomic E-state index is 13.7. The van der Waals surface area contributed by atoms with E-state index in [1.54, 1.807) is 30.3 Å². The van der Waals surface area contributed by atoms with Gasteiger partial charge in [0.05, 0.1) is 10.6 Å². The number of sulfone groups is 1. The number of nitrogens with one attached hydrogen (secondary N) is 1. The van der Waals surface area contributed by atoms with E-state index in [9.17, 15) is 18.0 Å². The molecule has 2 fully saturated rings. The third kappa shape index (κ3) is 6.60. The fourth-order valence-electron chi connectivity index (χ4n) is 6.49. The minimum absolute atomic E-state index is 0.00278. The third-order valence-corrected chi connectivity index (χ3v) is 10.9. The predicted molar refractivity (Wildman–Crippen MR) is 166 cm³/mol. The van der Waals surface area contributed by atoms with E-state index in [1.807, 2.05) is 59.5 Å². The van der Waals surface area contributed by atoms with Gasteiger partial charge in [-0.3, -0.25) is 9.59 Å². The van der Waals surface area contributed by atoms with Gasteiger partial charge in [-0.15, -0.1) is 0 Å². The Morgan fingerprint density at radius 2 is 1.60 bits per heavy atom. The summed E-state index contributed by atoms with van der Waals surface area (Å²) in [4.78, 5) is 31.4. The van der Waals surface area contributed by atoms with Crippen molar-refractivity contribution >= 4 is 21.7 Å². The molecule has 8 heteroatoms. The monoisotopic (exact) mass is 587 g/mol. The van der Waals surface area contributed by atoms with Gasteiger partial charge >= 0.3 is 0 Å². The van der Waals surface area contributed by atoms with Gasteiger partial charge in [0, 0.05) is 30.2 Å². The molecule has 1 N–H and O–H groups in total. The number of likely N-dealkylation sites (tertiary alicyclic amines) is 1. The highest BCUT2D eigenvalue weighted by atomic mass is 32.2. The van der Waals surface area contributed by atoms with E-state index in [2.05, 4.69) is 31.1 Å². The maximum Gasteiger partial charge on any atom is 0.251 e. The quantitative estimate of drug-likeness (QED) is 0.379. The van der Waals surface area contributed by atoms with Crippen molar-refractivity contribution in [1.29, 1.82) is 0 Å². The Kier molecular flexibility index (Phi) is 9.13. The summed E-state index contributed by atoms with van der Waals surface area (Å²) >= 11 is 0. The topological polar surface area (TPSA) is 86.8 Å². The number of carbonyl (C=O) groups excluding carboxylic acids is 2. The molecule has 1 aliphatic carbocycles. The van der Waals surface area contributed by atoms with Gasteiger partial charge in [-0.25, -0.2) is 8.42 Å². The van der Waals surface area contributed by atoms with Gasteiger partial charge in [0.2, 0.25) is 5.91 Å². The first-order valence-electron chi connectivity index (χ1n) is 14.9. The largest absolute Gasteiger partial charge is 0.340 e. The van der Waals surface area contributed by atoms with Crippen LogP contribution in [0.1, 0.15) is 49.9 Å². The summed E-state index contributed by atoms with van der Waals surface area (Å²) in [7, 11) is -1.44. The first kappa shape index (κ1) is 30.0. The summed E-state index contributed by atoms with van der Waals surface area (Å²) in [6, 6.07) is 25.7. The van der Waals surface area contributed by atoms with Crippen LogP contribution in [-0.2, 0) is 14.6 Å². The summed E-state index contributed by atoms with van der Waals surface area (Å²) in [5.74, 6) is -0.600. The number of nitrogens with zero attached hydrogens (tertiary/aromatic N) is 2. The van der Waals surface area contributed by atoms with Crippen molar-refractivity contribution < 1.29 is 18.0 Å². The number of hydrogen-bond acceptors (Lipinski definition) is 5. The molecule has 5 rings (SSSR count). The van der Waals surface area contributed by atoms with Crippen LogP contribution >= 0.6 is 0 Å². The zero-order chi connectivity index (χ0) is 29.9. The lowest BCUT2D eigenvalue weighted by Crippen LogP contribution is -2.53. The molecule has 3 aromatic rings. The molecule has 42 heavy (non-hydrogen) atoms. The smallest absolute Gasteiger partial charge is 0.251 e. The molecule has 0 aromatic heterocycles. The summed E-state index contributed by atoms with van der Waals surface area (Å²) in [6.45, 7) is 4.80. The highest BCUT2D eigenvalue weighted by molar-refractivity contribution is 7.91. The van der Waals surface area contributed by atoms with Crippen LogP contribution in [0.15, 0.2) is 89.8 Å². The van der Waals surface area contributed by atoms with Gasteiger partial charge in [0.25, 0.3) is 5.91 Å². The normalized spacial score (nSPS) is 23.0.